The van der Waals surface area contributed by atoms with E-state index in [-0.39, 0.29) is 0 Å². The SMILES string of the molecule is CCC1CN2CCCCC2CN1c1ccc(Br)c(OC)c1. The molecule has 2 fully saturated rings. The van der Waals surface area contributed by atoms with Crippen molar-refractivity contribution in [3.63, 3.8) is 0 Å². The van der Waals surface area contributed by atoms with Gasteiger partial charge in [0.15, 0.2) is 0 Å². The van der Waals surface area contributed by atoms with Gasteiger partial charge < -0.3 is 9.64 Å². The van der Waals surface area contributed by atoms with Gasteiger partial charge >= 0.3 is 0 Å². The van der Waals surface area contributed by atoms with Crippen molar-refractivity contribution in [2.75, 3.05) is 31.6 Å². The van der Waals surface area contributed by atoms with E-state index in [2.05, 4.69) is 50.9 Å². The monoisotopic (exact) mass is 352 g/mol. The lowest BCUT2D eigenvalue weighted by molar-refractivity contribution is 0.111. The number of benzene rings is 1. The molecule has 2 aliphatic heterocycles. The molecule has 0 spiro atoms. The van der Waals surface area contributed by atoms with Crippen molar-refractivity contribution in [3.05, 3.63) is 22.7 Å². The van der Waals surface area contributed by atoms with Crippen LogP contribution in [-0.2, 0) is 0 Å². The Morgan fingerprint density at radius 3 is 2.90 bits per heavy atom. The van der Waals surface area contributed by atoms with Gasteiger partial charge in [-0.3, -0.25) is 4.90 Å². The molecule has 1 aromatic rings. The third kappa shape index (κ3) is 3.07. The predicted octanol–water partition coefficient (Wildman–Crippen LogP) is 3.91. The zero-order valence-electron chi connectivity index (χ0n) is 13.0. The van der Waals surface area contributed by atoms with Gasteiger partial charge in [-0.1, -0.05) is 13.3 Å². The minimum Gasteiger partial charge on any atom is -0.495 e. The van der Waals surface area contributed by atoms with Crippen LogP contribution in [-0.4, -0.2) is 43.7 Å². The number of piperidine rings is 1. The fourth-order valence-corrected chi connectivity index (χ4v) is 4.15. The molecule has 3 nitrogen and oxygen atoms in total. The molecular formula is C17H25BrN2O. The second kappa shape index (κ2) is 6.57. The first kappa shape index (κ1) is 15.2. The van der Waals surface area contributed by atoms with Crippen molar-refractivity contribution in [1.82, 2.24) is 4.90 Å². The van der Waals surface area contributed by atoms with Gasteiger partial charge in [0.1, 0.15) is 5.75 Å². The normalized spacial score (nSPS) is 26.5. The van der Waals surface area contributed by atoms with Gasteiger partial charge in [0.2, 0.25) is 0 Å². The van der Waals surface area contributed by atoms with E-state index in [1.54, 1.807) is 7.11 Å². The number of hydrogen-bond acceptors (Lipinski definition) is 3. The number of nitrogens with zero attached hydrogens (tertiary/aromatic N) is 2. The molecule has 21 heavy (non-hydrogen) atoms. The van der Waals surface area contributed by atoms with E-state index in [9.17, 15) is 0 Å². The summed E-state index contributed by atoms with van der Waals surface area (Å²) in [6.07, 6.45) is 5.30. The lowest BCUT2D eigenvalue weighted by Crippen LogP contribution is -2.59. The molecule has 0 aliphatic carbocycles. The molecule has 0 aromatic heterocycles. The molecule has 2 aliphatic rings. The van der Waals surface area contributed by atoms with Gasteiger partial charge in [-0.15, -0.1) is 0 Å². The summed E-state index contributed by atoms with van der Waals surface area (Å²) in [5.74, 6) is 0.924. The third-order valence-corrected chi connectivity index (χ3v) is 5.64. The van der Waals surface area contributed by atoms with Gasteiger partial charge in [-0.2, -0.15) is 0 Å². The van der Waals surface area contributed by atoms with Crippen LogP contribution in [0.4, 0.5) is 5.69 Å². The fourth-order valence-electron chi connectivity index (χ4n) is 3.75. The summed E-state index contributed by atoms with van der Waals surface area (Å²) in [5.41, 5.74) is 1.30. The van der Waals surface area contributed by atoms with Crippen LogP contribution in [0, 0.1) is 0 Å². The van der Waals surface area contributed by atoms with Crippen LogP contribution in [0.25, 0.3) is 0 Å². The van der Waals surface area contributed by atoms with Crippen molar-refractivity contribution < 1.29 is 4.74 Å². The summed E-state index contributed by atoms with van der Waals surface area (Å²) < 4.78 is 6.49. The highest BCUT2D eigenvalue weighted by atomic mass is 79.9. The first-order valence-corrected chi connectivity index (χ1v) is 8.86. The number of fused-ring (bicyclic) bond motifs is 1. The number of hydrogen-bond donors (Lipinski definition) is 0. The first-order valence-electron chi connectivity index (χ1n) is 8.07. The number of piperazine rings is 1. The van der Waals surface area contributed by atoms with Crippen molar-refractivity contribution in [1.29, 1.82) is 0 Å². The average Bonchev–Trinajstić information content (AvgIpc) is 2.54. The standard InChI is InChI=1S/C17H25BrN2O/c1-3-13-11-19-9-5-4-6-15(19)12-20(13)14-7-8-16(18)17(10-14)21-2/h7-8,10,13,15H,3-6,9,11-12H2,1-2H3. The topological polar surface area (TPSA) is 15.7 Å². The zero-order valence-corrected chi connectivity index (χ0v) is 14.6. The Balaban J connectivity index is 1.85. The smallest absolute Gasteiger partial charge is 0.135 e. The fraction of sp³-hybridized carbons (Fsp3) is 0.647. The van der Waals surface area contributed by atoms with Gasteiger partial charge in [-0.25, -0.2) is 0 Å². The highest BCUT2D eigenvalue weighted by molar-refractivity contribution is 9.10. The Morgan fingerprint density at radius 1 is 1.29 bits per heavy atom. The molecule has 4 heteroatoms. The van der Waals surface area contributed by atoms with E-state index in [0.29, 0.717) is 6.04 Å². The predicted molar refractivity (Wildman–Crippen MR) is 91.3 cm³/mol. The molecule has 2 saturated heterocycles. The van der Waals surface area contributed by atoms with Crippen molar-refractivity contribution >= 4 is 21.6 Å². The van der Waals surface area contributed by atoms with E-state index < -0.39 is 0 Å². The van der Waals surface area contributed by atoms with Gasteiger partial charge in [-0.05, 0) is 53.9 Å². The lowest BCUT2D eigenvalue weighted by atomic mass is 9.95. The minimum absolute atomic E-state index is 0.616. The number of rotatable bonds is 3. The zero-order chi connectivity index (χ0) is 14.8. The third-order valence-electron chi connectivity index (χ3n) is 4.98. The Morgan fingerprint density at radius 2 is 2.14 bits per heavy atom. The second-order valence-electron chi connectivity index (χ2n) is 6.18. The molecular weight excluding hydrogens is 328 g/mol. The number of halogens is 1. The van der Waals surface area contributed by atoms with Crippen LogP contribution in [0.15, 0.2) is 22.7 Å². The van der Waals surface area contributed by atoms with Crippen LogP contribution in [0.5, 0.6) is 5.75 Å². The Kier molecular flexibility index (Phi) is 4.75. The molecule has 2 unspecified atom stereocenters. The van der Waals surface area contributed by atoms with E-state index >= 15 is 0 Å². The van der Waals surface area contributed by atoms with Gasteiger partial charge in [0.05, 0.1) is 11.6 Å². The maximum Gasteiger partial charge on any atom is 0.135 e. The molecule has 0 saturated carbocycles. The van der Waals surface area contributed by atoms with Crippen molar-refractivity contribution in [2.45, 2.75) is 44.7 Å². The summed E-state index contributed by atoms with van der Waals surface area (Å²) in [4.78, 5) is 5.31. The van der Waals surface area contributed by atoms with E-state index in [4.69, 9.17) is 4.74 Å². The number of anilines is 1. The quantitative estimate of drug-likeness (QED) is 0.819. The number of methoxy groups -OCH3 is 1. The van der Waals surface area contributed by atoms with Crippen LogP contribution in [0.1, 0.15) is 32.6 Å². The number of ether oxygens (including phenoxy) is 1. The second-order valence-corrected chi connectivity index (χ2v) is 7.03. The summed E-state index contributed by atoms with van der Waals surface area (Å²) in [7, 11) is 1.74. The van der Waals surface area contributed by atoms with Crippen LogP contribution in [0.2, 0.25) is 0 Å². The highest BCUT2D eigenvalue weighted by Gasteiger charge is 2.34. The minimum atomic E-state index is 0.616. The van der Waals surface area contributed by atoms with Gasteiger partial charge in [0.25, 0.3) is 0 Å². The van der Waals surface area contributed by atoms with Gasteiger partial charge in [0, 0.05) is 36.9 Å². The molecule has 2 heterocycles. The van der Waals surface area contributed by atoms with E-state index in [1.165, 1.54) is 44.5 Å². The summed E-state index contributed by atoms with van der Waals surface area (Å²) in [6, 6.07) is 7.84. The maximum atomic E-state index is 5.47. The lowest BCUT2D eigenvalue weighted by Gasteiger charge is -2.49. The molecule has 0 bridgehead atoms. The van der Waals surface area contributed by atoms with Crippen LogP contribution >= 0.6 is 15.9 Å². The van der Waals surface area contributed by atoms with Crippen molar-refractivity contribution in [2.24, 2.45) is 0 Å². The van der Waals surface area contributed by atoms with Crippen molar-refractivity contribution in [3.8, 4) is 5.75 Å². The summed E-state index contributed by atoms with van der Waals surface area (Å²) in [6.45, 7) is 5.96. The van der Waals surface area contributed by atoms with Crippen LogP contribution in [0.3, 0.4) is 0 Å². The molecule has 0 N–H and O–H groups in total. The molecule has 3 rings (SSSR count). The Labute approximate surface area is 136 Å². The Bertz CT molecular complexity index is 494. The average molecular weight is 353 g/mol. The van der Waals surface area contributed by atoms with Crippen LogP contribution < -0.4 is 9.64 Å². The highest BCUT2D eigenvalue weighted by Crippen LogP contribution is 2.34. The largest absolute Gasteiger partial charge is 0.495 e. The van der Waals surface area contributed by atoms with E-state index in [0.717, 1.165) is 22.8 Å². The molecule has 116 valence electrons. The summed E-state index contributed by atoms with van der Waals surface area (Å²) >= 11 is 3.55. The summed E-state index contributed by atoms with van der Waals surface area (Å²) in [5, 5.41) is 0. The molecule has 1 aromatic carbocycles. The maximum absolute atomic E-state index is 5.47. The Hall–Kier alpha value is -0.740. The first-order chi connectivity index (χ1) is 10.2. The van der Waals surface area contributed by atoms with E-state index in [1.807, 2.05) is 0 Å². The molecule has 0 amide bonds. The molecule has 2 atom stereocenters. The molecule has 0 radical (unpaired) electrons.